The molecule has 3 heteroatoms. The number of thiophene rings is 1. The van der Waals surface area contributed by atoms with Gasteiger partial charge in [0.1, 0.15) is 0 Å². The van der Waals surface area contributed by atoms with Crippen LogP contribution >= 0.6 is 22.9 Å². The molecule has 1 aromatic carbocycles. The van der Waals surface area contributed by atoms with Crippen LogP contribution in [0.3, 0.4) is 0 Å². The summed E-state index contributed by atoms with van der Waals surface area (Å²) in [6.45, 7) is 8.54. The van der Waals surface area contributed by atoms with Crippen molar-refractivity contribution in [2.24, 2.45) is 0 Å². The normalized spacial score (nSPS) is 11.9. The Morgan fingerprint density at radius 3 is 2.78 bits per heavy atom. The highest BCUT2D eigenvalue weighted by Crippen LogP contribution is 2.28. The first kappa shape index (κ1) is 13.9. The fourth-order valence-electron chi connectivity index (χ4n) is 2.16. The zero-order chi connectivity index (χ0) is 13.1. The third-order valence-corrected chi connectivity index (χ3v) is 4.45. The van der Waals surface area contributed by atoms with E-state index >= 15 is 0 Å². The predicted octanol–water partition coefficient (Wildman–Crippen LogP) is 4.66. The fraction of sp³-hybridized carbons (Fsp3) is 0.467. The minimum atomic E-state index is 0.532. The molecule has 0 amide bonds. The maximum atomic E-state index is 5.88. The minimum absolute atomic E-state index is 0.532. The molecule has 0 saturated heterocycles. The molecule has 2 rings (SSSR count). The highest BCUT2D eigenvalue weighted by Gasteiger charge is 2.12. The van der Waals surface area contributed by atoms with Gasteiger partial charge >= 0.3 is 0 Å². The predicted molar refractivity (Wildman–Crippen MR) is 82.8 cm³/mol. The summed E-state index contributed by atoms with van der Waals surface area (Å²) in [5, 5.41) is 3.68. The van der Waals surface area contributed by atoms with Crippen molar-refractivity contribution in [1.82, 2.24) is 4.90 Å². The molecule has 0 N–H and O–H groups in total. The van der Waals surface area contributed by atoms with Crippen LogP contribution in [0.1, 0.15) is 25.0 Å². The molecule has 0 unspecified atom stereocenters. The number of halogens is 1. The highest BCUT2D eigenvalue weighted by atomic mass is 35.5. The maximum Gasteiger partial charge on any atom is 0.0351 e. The summed E-state index contributed by atoms with van der Waals surface area (Å²) in [5.74, 6) is 0.694. The van der Waals surface area contributed by atoms with E-state index in [9.17, 15) is 0 Å². The number of alkyl halides is 1. The molecule has 0 aliphatic rings. The number of fused-ring (bicyclic) bond motifs is 1. The Balaban J connectivity index is 2.25. The Labute approximate surface area is 118 Å². The van der Waals surface area contributed by atoms with Gasteiger partial charge in [0.25, 0.3) is 0 Å². The number of rotatable bonds is 5. The van der Waals surface area contributed by atoms with E-state index in [0.29, 0.717) is 11.9 Å². The molecule has 0 aliphatic carbocycles. The van der Waals surface area contributed by atoms with Crippen molar-refractivity contribution >= 4 is 33.0 Å². The molecule has 0 atom stereocenters. The third kappa shape index (κ3) is 3.05. The van der Waals surface area contributed by atoms with Crippen molar-refractivity contribution < 1.29 is 0 Å². The first-order valence-corrected chi connectivity index (χ1v) is 7.80. The third-order valence-electron chi connectivity index (χ3n) is 3.29. The molecule has 1 aromatic heterocycles. The summed E-state index contributed by atoms with van der Waals surface area (Å²) >= 11 is 7.72. The topological polar surface area (TPSA) is 3.24 Å². The monoisotopic (exact) mass is 281 g/mol. The van der Waals surface area contributed by atoms with E-state index in [2.05, 4.69) is 49.3 Å². The molecule has 0 radical (unpaired) electrons. The minimum Gasteiger partial charge on any atom is -0.295 e. The van der Waals surface area contributed by atoms with E-state index in [0.717, 1.165) is 13.1 Å². The van der Waals surface area contributed by atoms with Crippen LogP contribution in [-0.2, 0) is 6.54 Å². The van der Waals surface area contributed by atoms with E-state index in [1.54, 1.807) is 0 Å². The number of hydrogen-bond acceptors (Lipinski definition) is 2. The molecule has 98 valence electrons. The van der Waals surface area contributed by atoms with Gasteiger partial charge in [-0.3, -0.25) is 4.90 Å². The van der Waals surface area contributed by atoms with Crippen molar-refractivity contribution in [1.29, 1.82) is 0 Å². The zero-order valence-electron chi connectivity index (χ0n) is 11.2. The second-order valence-electron chi connectivity index (χ2n) is 5.01. The lowest BCUT2D eigenvalue weighted by Gasteiger charge is -2.25. The molecule has 2 aromatic rings. The Morgan fingerprint density at radius 2 is 2.11 bits per heavy atom. The second-order valence-corrected chi connectivity index (χ2v) is 6.30. The van der Waals surface area contributed by atoms with Crippen LogP contribution < -0.4 is 0 Å². The molecule has 1 nitrogen and oxygen atoms in total. The van der Waals surface area contributed by atoms with Gasteiger partial charge in [-0.25, -0.2) is 0 Å². The average molecular weight is 282 g/mol. The average Bonchev–Trinajstić information content (AvgIpc) is 2.71. The van der Waals surface area contributed by atoms with E-state index < -0.39 is 0 Å². The lowest BCUT2D eigenvalue weighted by atomic mass is 10.1. The number of hydrogen-bond donors (Lipinski definition) is 0. The highest BCUT2D eigenvalue weighted by molar-refractivity contribution is 7.17. The second kappa shape index (κ2) is 6.05. The van der Waals surface area contributed by atoms with Crippen LogP contribution in [0.2, 0.25) is 0 Å². The molecule has 1 heterocycles. The van der Waals surface area contributed by atoms with E-state index in [1.165, 1.54) is 21.2 Å². The van der Waals surface area contributed by atoms with Gasteiger partial charge in [-0.1, -0.05) is 12.1 Å². The molecule has 0 bridgehead atoms. The Morgan fingerprint density at radius 1 is 1.33 bits per heavy atom. The Bertz CT molecular complexity index is 518. The molecule has 0 spiro atoms. The van der Waals surface area contributed by atoms with Crippen LogP contribution in [0.15, 0.2) is 23.6 Å². The van der Waals surface area contributed by atoms with Crippen LogP contribution in [0.25, 0.3) is 10.1 Å². The fourth-order valence-corrected chi connectivity index (χ4v) is 3.43. The summed E-state index contributed by atoms with van der Waals surface area (Å²) in [5.41, 5.74) is 2.76. The summed E-state index contributed by atoms with van der Waals surface area (Å²) in [4.78, 5) is 2.42. The van der Waals surface area contributed by atoms with Gasteiger partial charge < -0.3 is 0 Å². The Hall–Kier alpha value is -0.570. The van der Waals surface area contributed by atoms with Crippen LogP contribution in [-0.4, -0.2) is 23.4 Å². The van der Waals surface area contributed by atoms with Crippen molar-refractivity contribution in [2.45, 2.75) is 33.4 Å². The Kier molecular flexibility index (Phi) is 4.66. The molecule has 0 aliphatic heterocycles. The van der Waals surface area contributed by atoms with Gasteiger partial charge in [0.05, 0.1) is 0 Å². The van der Waals surface area contributed by atoms with Crippen molar-refractivity contribution in [3.8, 4) is 0 Å². The van der Waals surface area contributed by atoms with Gasteiger partial charge in [-0.2, -0.15) is 0 Å². The summed E-state index contributed by atoms with van der Waals surface area (Å²) < 4.78 is 1.39. The maximum absolute atomic E-state index is 5.88. The molecular weight excluding hydrogens is 262 g/mol. The lowest BCUT2D eigenvalue weighted by Crippen LogP contribution is -2.31. The van der Waals surface area contributed by atoms with Gasteiger partial charge in [-0.05, 0) is 48.7 Å². The molecule has 18 heavy (non-hydrogen) atoms. The van der Waals surface area contributed by atoms with Gasteiger partial charge in [0, 0.05) is 29.7 Å². The van der Waals surface area contributed by atoms with E-state index in [4.69, 9.17) is 11.6 Å². The quantitative estimate of drug-likeness (QED) is 0.721. The SMILES string of the molecule is Cc1ccc2c(CN(CCCl)C(C)C)csc2c1. The van der Waals surface area contributed by atoms with Crippen molar-refractivity contribution in [3.05, 3.63) is 34.7 Å². The van der Waals surface area contributed by atoms with E-state index in [1.807, 2.05) is 11.3 Å². The van der Waals surface area contributed by atoms with Crippen molar-refractivity contribution in [2.75, 3.05) is 12.4 Å². The standard InChI is InChI=1S/C15H20ClNS/c1-11(2)17(7-6-16)9-13-10-18-15-8-12(3)4-5-14(13)15/h4-5,8,10-11H,6-7,9H2,1-3H3. The molecule has 0 saturated carbocycles. The lowest BCUT2D eigenvalue weighted by molar-refractivity contribution is 0.227. The van der Waals surface area contributed by atoms with Crippen molar-refractivity contribution in [3.63, 3.8) is 0 Å². The van der Waals surface area contributed by atoms with Gasteiger partial charge in [0.2, 0.25) is 0 Å². The van der Waals surface area contributed by atoms with Crippen LogP contribution in [0, 0.1) is 6.92 Å². The van der Waals surface area contributed by atoms with Crippen LogP contribution in [0.5, 0.6) is 0 Å². The zero-order valence-corrected chi connectivity index (χ0v) is 12.8. The van der Waals surface area contributed by atoms with Gasteiger partial charge in [-0.15, -0.1) is 22.9 Å². The number of nitrogens with zero attached hydrogens (tertiary/aromatic N) is 1. The van der Waals surface area contributed by atoms with E-state index in [-0.39, 0.29) is 0 Å². The van der Waals surface area contributed by atoms with Crippen LogP contribution in [0.4, 0.5) is 0 Å². The summed E-state index contributed by atoms with van der Waals surface area (Å²) in [6, 6.07) is 7.24. The molecular formula is C15H20ClNS. The first-order valence-electron chi connectivity index (χ1n) is 6.38. The smallest absolute Gasteiger partial charge is 0.0351 e. The number of benzene rings is 1. The molecule has 0 fully saturated rings. The first-order chi connectivity index (χ1) is 8.61. The number of aryl methyl sites for hydroxylation is 1. The van der Waals surface area contributed by atoms with Gasteiger partial charge in [0.15, 0.2) is 0 Å². The summed E-state index contributed by atoms with van der Waals surface area (Å²) in [6.07, 6.45) is 0. The largest absolute Gasteiger partial charge is 0.295 e. The summed E-state index contributed by atoms with van der Waals surface area (Å²) in [7, 11) is 0.